The first-order chi connectivity index (χ1) is 16.3. The van der Waals surface area contributed by atoms with E-state index in [0.717, 1.165) is 42.3 Å². The Morgan fingerprint density at radius 3 is 0.970 bits per heavy atom. The number of rotatable bonds is 12. The molecular weight excluding hydrogens is 416 g/mol. The van der Waals surface area contributed by atoms with Crippen LogP contribution in [0.2, 0.25) is 0 Å². The lowest BCUT2D eigenvalue weighted by molar-refractivity contribution is 0.202. The largest absolute Gasteiger partial charge is 0.292 e. The van der Waals surface area contributed by atoms with Crippen molar-refractivity contribution >= 4 is 0 Å². The standard InChI is InChI=1S/C23H26N10/c1(10-32(16-20-12-24-2-6-28-20)17-21-13-25-3-7-29-21)11-33(18-22-14-26-4-8-30-22)19-23-15-27-5-9-31-23/h2-9,12-15H,1,10-11,16-19H2. The molecule has 0 spiro atoms. The number of nitrogens with zero attached hydrogens (tertiary/aromatic N) is 10. The van der Waals surface area contributed by atoms with Crippen LogP contribution in [0.5, 0.6) is 0 Å². The van der Waals surface area contributed by atoms with Crippen LogP contribution in [0.3, 0.4) is 0 Å². The van der Waals surface area contributed by atoms with E-state index in [2.05, 4.69) is 49.7 Å². The molecule has 4 aromatic rings. The Bertz CT molecular complexity index is 882. The molecule has 0 saturated heterocycles. The second kappa shape index (κ2) is 12.3. The molecule has 0 radical (unpaired) electrons. The van der Waals surface area contributed by atoms with Crippen molar-refractivity contribution in [2.45, 2.75) is 32.6 Å². The maximum atomic E-state index is 4.43. The molecule has 4 heterocycles. The molecule has 4 aromatic heterocycles. The van der Waals surface area contributed by atoms with Gasteiger partial charge in [-0.3, -0.25) is 49.7 Å². The second-order valence-electron chi connectivity index (χ2n) is 7.56. The minimum atomic E-state index is 0.693. The van der Waals surface area contributed by atoms with Crippen molar-refractivity contribution in [3.8, 4) is 0 Å². The van der Waals surface area contributed by atoms with Gasteiger partial charge < -0.3 is 0 Å². The molecule has 0 aliphatic rings. The van der Waals surface area contributed by atoms with Crippen molar-refractivity contribution in [1.82, 2.24) is 49.7 Å². The molecule has 0 atom stereocenters. The Morgan fingerprint density at radius 2 is 0.727 bits per heavy atom. The lowest BCUT2D eigenvalue weighted by Crippen LogP contribution is -2.30. The highest BCUT2D eigenvalue weighted by Gasteiger charge is 2.13. The molecule has 33 heavy (non-hydrogen) atoms. The molecule has 0 unspecified atom stereocenters. The predicted molar refractivity (Wildman–Crippen MR) is 121 cm³/mol. The van der Waals surface area contributed by atoms with Crippen molar-refractivity contribution < 1.29 is 0 Å². The van der Waals surface area contributed by atoms with Crippen molar-refractivity contribution in [2.24, 2.45) is 0 Å². The summed E-state index contributed by atoms with van der Waals surface area (Å²) in [5.74, 6) is 0. The van der Waals surface area contributed by atoms with Crippen LogP contribution in [0.25, 0.3) is 0 Å². The maximum Gasteiger partial charge on any atom is 0.0726 e. The molecule has 0 aromatic carbocycles. The quantitative estimate of drug-likeness (QED) is 0.323. The molecule has 0 amide bonds. The van der Waals surface area contributed by atoms with E-state index in [4.69, 9.17) is 0 Å². The van der Waals surface area contributed by atoms with E-state index >= 15 is 0 Å². The first kappa shape index (κ1) is 22.4. The summed E-state index contributed by atoms with van der Waals surface area (Å²) >= 11 is 0. The highest BCUT2D eigenvalue weighted by Crippen LogP contribution is 2.10. The summed E-state index contributed by atoms with van der Waals surface area (Å²) in [6.07, 6.45) is 21.8. The Morgan fingerprint density at radius 1 is 0.424 bits per heavy atom. The van der Waals surface area contributed by atoms with Crippen molar-refractivity contribution in [2.75, 3.05) is 13.1 Å². The van der Waals surface area contributed by atoms with Gasteiger partial charge in [0.05, 0.1) is 22.8 Å². The van der Waals surface area contributed by atoms with Gasteiger partial charge in [-0.1, -0.05) is 0 Å². The van der Waals surface area contributed by atoms with Crippen LogP contribution in [0, 0.1) is 0 Å². The summed E-state index contributed by atoms with van der Waals surface area (Å²) < 4.78 is 0. The van der Waals surface area contributed by atoms with Crippen LogP contribution < -0.4 is 0 Å². The van der Waals surface area contributed by atoms with Crippen molar-refractivity contribution in [1.29, 1.82) is 0 Å². The van der Waals surface area contributed by atoms with E-state index in [9.17, 15) is 0 Å². The molecule has 10 heteroatoms. The molecule has 10 nitrogen and oxygen atoms in total. The number of hydrogen-bond acceptors (Lipinski definition) is 10. The zero-order chi connectivity index (χ0) is 22.6. The Labute approximate surface area is 192 Å². The fraction of sp³-hybridized carbons (Fsp3) is 0.304. The second-order valence-corrected chi connectivity index (χ2v) is 7.56. The minimum Gasteiger partial charge on any atom is -0.292 e. The van der Waals surface area contributed by atoms with E-state index in [1.165, 1.54) is 0 Å². The van der Waals surface area contributed by atoms with E-state index in [1.807, 2.05) is 0 Å². The number of hydrogen-bond donors (Lipinski definition) is 0. The van der Waals surface area contributed by atoms with E-state index in [1.54, 1.807) is 74.4 Å². The first-order valence-corrected chi connectivity index (χ1v) is 10.8. The van der Waals surface area contributed by atoms with Crippen LogP contribution >= 0.6 is 0 Å². The lowest BCUT2D eigenvalue weighted by atomic mass is 10.2. The summed E-state index contributed by atoms with van der Waals surface area (Å²) in [6, 6.07) is 0. The smallest absolute Gasteiger partial charge is 0.0726 e. The third kappa shape index (κ3) is 7.70. The summed E-state index contributed by atoms with van der Waals surface area (Å²) in [4.78, 5) is 39.2. The molecule has 0 aliphatic carbocycles. The third-order valence-corrected chi connectivity index (χ3v) is 4.96. The molecule has 0 N–H and O–H groups in total. The molecule has 0 fully saturated rings. The molecule has 0 aliphatic heterocycles. The van der Waals surface area contributed by atoms with E-state index in [0.29, 0.717) is 26.2 Å². The van der Waals surface area contributed by atoms with Gasteiger partial charge in [0.25, 0.3) is 0 Å². The average molecular weight is 443 g/mol. The van der Waals surface area contributed by atoms with E-state index in [-0.39, 0.29) is 0 Å². The fourth-order valence-electron chi connectivity index (χ4n) is 3.51. The predicted octanol–water partition coefficient (Wildman–Crippen LogP) is 1.94. The zero-order valence-electron chi connectivity index (χ0n) is 18.4. The van der Waals surface area contributed by atoms with Gasteiger partial charge >= 0.3 is 0 Å². The van der Waals surface area contributed by atoms with E-state index < -0.39 is 0 Å². The highest BCUT2D eigenvalue weighted by molar-refractivity contribution is 5.00. The van der Waals surface area contributed by atoms with Gasteiger partial charge in [0.2, 0.25) is 0 Å². The molecule has 0 bridgehead atoms. The van der Waals surface area contributed by atoms with Gasteiger partial charge in [-0.15, -0.1) is 0 Å². The fourth-order valence-corrected chi connectivity index (χ4v) is 3.51. The molecule has 0 saturated carbocycles. The Hall–Kier alpha value is -3.76. The summed E-state index contributed by atoms with van der Waals surface area (Å²) in [7, 11) is 0. The maximum absolute atomic E-state index is 4.43. The average Bonchev–Trinajstić information content (AvgIpc) is 2.86. The molecule has 4 rings (SSSR count). The van der Waals surface area contributed by atoms with Gasteiger partial charge in [-0.05, 0) is 6.42 Å². The van der Waals surface area contributed by atoms with Crippen LogP contribution in [0.15, 0.2) is 74.4 Å². The first-order valence-electron chi connectivity index (χ1n) is 10.8. The van der Waals surface area contributed by atoms with Crippen LogP contribution in [0.4, 0.5) is 0 Å². The molecular formula is C23H26N10. The Kier molecular flexibility index (Phi) is 8.38. The highest BCUT2D eigenvalue weighted by atomic mass is 15.2. The van der Waals surface area contributed by atoms with Crippen LogP contribution in [0.1, 0.15) is 29.2 Å². The zero-order valence-corrected chi connectivity index (χ0v) is 18.4. The molecule has 168 valence electrons. The van der Waals surface area contributed by atoms with Crippen LogP contribution in [-0.2, 0) is 26.2 Å². The van der Waals surface area contributed by atoms with Gasteiger partial charge in [-0.2, -0.15) is 0 Å². The summed E-state index contributed by atoms with van der Waals surface area (Å²) in [5, 5.41) is 0. The van der Waals surface area contributed by atoms with Crippen molar-refractivity contribution in [3.05, 3.63) is 97.1 Å². The lowest BCUT2D eigenvalue weighted by Gasteiger charge is -2.25. The summed E-state index contributed by atoms with van der Waals surface area (Å²) in [6.45, 7) is 4.50. The minimum absolute atomic E-state index is 0.693. The topological polar surface area (TPSA) is 110 Å². The third-order valence-electron chi connectivity index (χ3n) is 4.96. The normalized spacial score (nSPS) is 11.2. The SMILES string of the molecule is c1cnc(CN(CCCN(Cc2cnccn2)Cc2cnccn2)Cc2cnccn2)cn1. The van der Waals surface area contributed by atoms with Gasteiger partial charge in [0.1, 0.15) is 0 Å². The monoisotopic (exact) mass is 442 g/mol. The number of aromatic nitrogens is 8. The van der Waals surface area contributed by atoms with Gasteiger partial charge in [0, 0.05) is 114 Å². The summed E-state index contributed by atoms with van der Waals surface area (Å²) in [5.41, 5.74) is 3.71. The Balaban J connectivity index is 1.40. The van der Waals surface area contributed by atoms with Gasteiger partial charge in [-0.25, -0.2) is 0 Å². The van der Waals surface area contributed by atoms with Gasteiger partial charge in [0.15, 0.2) is 0 Å². The van der Waals surface area contributed by atoms with Crippen molar-refractivity contribution in [3.63, 3.8) is 0 Å². The van der Waals surface area contributed by atoms with Crippen LogP contribution in [-0.4, -0.2) is 62.8 Å².